The first-order chi connectivity index (χ1) is 13.4. The molecule has 2 aromatic carbocycles. The van der Waals surface area contributed by atoms with Crippen molar-refractivity contribution in [2.45, 2.75) is 20.8 Å². The number of aryl methyl sites for hydroxylation is 1. The number of amidine groups is 1. The molecule has 5 nitrogen and oxygen atoms in total. The normalized spacial score (nSPS) is 15.6. The van der Waals surface area contributed by atoms with Gasteiger partial charge in [-0.15, -0.1) is 0 Å². The van der Waals surface area contributed by atoms with E-state index < -0.39 is 0 Å². The molecule has 1 amide bonds. The molecular formula is C22H24N2O3S. The topological polar surface area (TPSA) is 62.6 Å². The lowest BCUT2D eigenvalue weighted by atomic mass is 10.1. The Bertz CT molecular complexity index is 920. The number of hydrogen-bond acceptors (Lipinski definition) is 5. The molecule has 0 unspecified atom stereocenters. The highest BCUT2D eigenvalue weighted by Crippen LogP contribution is 2.36. The first-order valence-electron chi connectivity index (χ1n) is 9.09. The van der Waals surface area contributed by atoms with Gasteiger partial charge >= 0.3 is 0 Å². The molecule has 1 saturated heterocycles. The standard InChI is InChI=1S/C22H24N2O3S/c1-14(2)13-27-18-10-7-16(11-19(18)26-4)12-20-21(25)24(22(23)28-20)17-8-5-15(3)6-9-17/h5-12,14,23H,13H2,1-4H3/b20-12-,23-22?. The number of carbonyl (C=O) groups is 1. The minimum absolute atomic E-state index is 0.196. The third kappa shape index (κ3) is 4.39. The Hall–Kier alpha value is -2.73. The summed E-state index contributed by atoms with van der Waals surface area (Å²) < 4.78 is 11.2. The van der Waals surface area contributed by atoms with Crippen molar-refractivity contribution in [2.24, 2.45) is 5.92 Å². The maximum absolute atomic E-state index is 12.8. The fourth-order valence-electron chi connectivity index (χ4n) is 2.72. The van der Waals surface area contributed by atoms with Gasteiger partial charge in [-0.05, 0) is 60.5 Å². The number of hydrogen-bond donors (Lipinski definition) is 1. The van der Waals surface area contributed by atoms with Gasteiger partial charge in [-0.25, -0.2) is 0 Å². The number of rotatable bonds is 6. The highest BCUT2D eigenvalue weighted by atomic mass is 32.2. The summed E-state index contributed by atoms with van der Waals surface area (Å²) in [4.78, 5) is 14.8. The van der Waals surface area contributed by atoms with Gasteiger partial charge in [-0.2, -0.15) is 0 Å². The van der Waals surface area contributed by atoms with Crippen LogP contribution in [0.2, 0.25) is 0 Å². The fraction of sp³-hybridized carbons (Fsp3) is 0.273. The number of nitrogens with zero attached hydrogens (tertiary/aromatic N) is 1. The Balaban J connectivity index is 1.84. The van der Waals surface area contributed by atoms with Crippen molar-refractivity contribution in [1.82, 2.24) is 0 Å². The molecule has 0 radical (unpaired) electrons. The lowest BCUT2D eigenvalue weighted by Gasteiger charge is -2.14. The van der Waals surface area contributed by atoms with E-state index in [1.807, 2.05) is 49.4 Å². The van der Waals surface area contributed by atoms with Crippen molar-refractivity contribution >= 4 is 34.6 Å². The van der Waals surface area contributed by atoms with Crippen LogP contribution in [0.1, 0.15) is 25.0 Å². The van der Waals surface area contributed by atoms with E-state index in [9.17, 15) is 4.79 Å². The second-order valence-electron chi connectivity index (χ2n) is 7.01. The van der Waals surface area contributed by atoms with E-state index in [-0.39, 0.29) is 11.1 Å². The number of benzene rings is 2. The predicted octanol–water partition coefficient (Wildman–Crippen LogP) is 5.09. The number of ether oxygens (including phenoxy) is 2. The van der Waals surface area contributed by atoms with E-state index in [1.165, 1.54) is 4.90 Å². The van der Waals surface area contributed by atoms with Crippen LogP contribution >= 0.6 is 11.8 Å². The molecule has 0 spiro atoms. The molecule has 2 aromatic rings. The summed E-state index contributed by atoms with van der Waals surface area (Å²) in [5.41, 5.74) is 2.63. The summed E-state index contributed by atoms with van der Waals surface area (Å²) in [5, 5.41) is 8.41. The summed E-state index contributed by atoms with van der Waals surface area (Å²) in [6.45, 7) is 6.77. The molecule has 1 aliphatic heterocycles. The van der Waals surface area contributed by atoms with E-state index >= 15 is 0 Å². The van der Waals surface area contributed by atoms with Gasteiger partial charge in [-0.1, -0.05) is 37.6 Å². The largest absolute Gasteiger partial charge is 0.493 e. The van der Waals surface area contributed by atoms with E-state index in [0.717, 1.165) is 22.9 Å². The smallest absolute Gasteiger partial charge is 0.271 e. The zero-order chi connectivity index (χ0) is 20.3. The Morgan fingerprint density at radius 1 is 1.14 bits per heavy atom. The molecule has 0 bridgehead atoms. The maximum Gasteiger partial charge on any atom is 0.271 e. The quantitative estimate of drug-likeness (QED) is 0.691. The van der Waals surface area contributed by atoms with Crippen molar-refractivity contribution in [2.75, 3.05) is 18.6 Å². The van der Waals surface area contributed by atoms with Crippen LogP contribution in [0.15, 0.2) is 47.4 Å². The maximum atomic E-state index is 12.8. The summed E-state index contributed by atoms with van der Waals surface area (Å²) in [6.07, 6.45) is 1.78. The van der Waals surface area contributed by atoms with Crippen LogP contribution < -0.4 is 14.4 Å². The third-order valence-electron chi connectivity index (χ3n) is 4.17. The lowest BCUT2D eigenvalue weighted by molar-refractivity contribution is -0.113. The summed E-state index contributed by atoms with van der Waals surface area (Å²) in [5.74, 6) is 1.52. The predicted molar refractivity (Wildman–Crippen MR) is 115 cm³/mol. The number of methoxy groups -OCH3 is 1. The van der Waals surface area contributed by atoms with Crippen molar-refractivity contribution in [1.29, 1.82) is 5.41 Å². The third-order valence-corrected chi connectivity index (χ3v) is 5.06. The molecule has 146 valence electrons. The summed E-state index contributed by atoms with van der Waals surface area (Å²) in [7, 11) is 1.60. The van der Waals surface area contributed by atoms with Gasteiger partial charge in [0.15, 0.2) is 16.7 Å². The van der Waals surface area contributed by atoms with Crippen molar-refractivity contribution in [3.8, 4) is 11.5 Å². The number of anilines is 1. The minimum atomic E-state index is -0.196. The van der Waals surface area contributed by atoms with Gasteiger partial charge in [0.25, 0.3) is 5.91 Å². The number of carbonyl (C=O) groups excluding carboxylic acids is 1. The first-order valence-corrected chi connectivity index (χ1v) is 9.90. The summed E-state index contributed by atoms with van der Waals surface area (Å²) >= 11 is 1.16. The van der Waals surface area contributed by atoms with E-state index in [1.54, 1.807) is 13.2 Å². The molecule has 0 aromatic heterocycles. The molecule has 6 heteroatoms. The zero-order valence-corrected chi connectivity index (χ0v) is 17.3. The van der Waals surface area contributed by atoms with Gasteiger partial charge in [0, 0.05) is 0 Å². The van der Waals surface area contributed by atoms with Crippen LogP contribution in [-0.2, 0) is 4.79 Å². The highest BCUT2D eigenvalue weighted by molar-refractivity contribution is 8.19. The van der Waals surface area contributed by atoms with Crippen molar-refractivity contribution in [3.05, 3.63) is 58.5 Å². The molecule has 1 fully saturated rings. The van der Waals surface area contributed by atoms with Crippen molar-refractivity contribution in [3.63, 3.8) is 0 Å². The number of amides is 1. The Morgan fingerprint density at radius 2 is 1.86 bits per heavy atom. The van der Waals surface area contributed by atoms with E-state index in [2.05, 4.69) is 13.8 Å². The summed E-state index contributed by atoms with van der Waals surface area (Å²) in [6, 6.07) is 13.2. The lowest BCUT2D eigenvalue weighted by Crippen LogP contribution is -2.28. The SMILES string of the molecule is COc1cc(/C=C2\SC(=N)N(c3ccc(C)cc3)C2=O)ccc1OCC(C)C. The van der Waals surface area contributed by atoms with Gasteiger partial charge in [0.1, 0.15) is 0 Å². The molecule has 0 aliphatic carbocycles. The Kier molecular flexibility index (Phi) is 6.09. The second-order valence-corrected chi connectivity index (χ2v) is 8.04. The Labute approximate surface area is 169 Å². The van der Waals surface area contributed by atoms with E-state index in [4.69, 9.17) is 14.9 Å². The van der Waals surface area contributed by atoms with Gasteiger partial charge in [0.2, 0.25) is 0 Å². The fourth-order valence-corrected chi connectivity index (χ4v) is 3.58. The molecule has 0 atom stereocenters. The average Bonchev–Trinajstić information content (AvgIpc) is 2.94. The molecule has 28 heavy (non-hydrogen) atoms. The van der Waals surface area contributed by atoms with Crippen LogP contribution in [-0.4, -0.2) is 24.8 Å². The van der Waals surface area contributed by atoms with Crippen LogP contribution in [0.3, 0.4) is 0 Å². The molecule has 1 N–H and O–H groups in total. The number of thioether (sulfide) groups is 1. The molecular weight excluding hydrogens is 372 g/mol. The monoisotopic (exact) mass is 396 g/mol. The zero-order valence-electron chi connectivity index (χ0n) is 16.5. The molecule has 0 saturated carbocycles. The van der Waals surface area contributed by atoms with Gasteiger partial charge in [0.05, 0.1) is 24.3 Å². The van der Waals surface area contributed by atoms with E-state index in [0.29, 0.717) is 34.6 Å². The highest BCUT2D eigenvalue weighted by Gasteiger charge is 2.33. The van der Waals surface area contributed by atoms with Crippen LogP contribution in [0.4, 0.5) is 5.69 Å². The Morgan fingerprint density at radius 3 is 2.50 bits per heavy atom. The molecule has 3 rings (SSSR count). The van der Waals surface area contributed by atoms with Gasteiger partial charge < -0.3 is 9.47 Å². The second kappa shape index (κ2) is 8.52. The molecule has 1 aliphatic rings. The molecule has 1 heterocycles. The van der Waals surface area contributed by atoms with Crippen molar-refractivity contribution < 1.29 is 14.3 Å². The van der Waals surface area contributed by atoms with Crippen LogP contribution in [0.5, 0.6) is 11.5 Å². The number of nitrogens with one attached hydrogen (secondary N) is 1. The van der Waals surface area contributed by atoms with Gasteiger partial charge in [-0.3, -0.25) is 15.1 Å². The van der Waals surface area contributed by atoms with Crippen LogP contribution in [0, 0.1) is 18.3 Å². The minimum Gasteiger partial charge on any atom is -0.493 e. The average molecular weight is 397 g/mol. The van der Waals surface area contributed by atoms with Crippen LogP contribution in [0.25, 0.3) is 6.08 Å². The first kappa shape index (κ1) is 20.0.